The Labute approximate surface area is 167 Å². The highest BCUT2D eigenvalue weighted by Crippen LogP contribution is 2.27. The van der Waals surface area contributed by atoms with Gasteiger partial charge in [-0.15, -0.1) is 11.8 Å². The summed E-state index contributed by atoms with van der Waals surface area (Å²) in [7, 11) is -4.00. The molecule has 0 saturated carbocycles. The molecule has 0 aliphatic carbocycles. The number of hydrogen-bond donors (Lipinski definition) is 1. The number of nitrogens with one attached hydrogen (secondary N) is 1. The van der Waals surface area contributed by atoms with Gasteiger partial charge in [-0.05, 0) is 30.5 Å². The molecule has 1 atom stereocenters. The number of carbonyl (C=O) groups is 1. The lowest BCUT2D eigenvalue weighted by atomic mass is 10.00. The maximum Gasteiger partial charge on any atom is 0.283 e. The van der Waals surface area contributed by atoms with Crippen molar-refractivity contribution in [3.05, 3.63) is 70.9 Å². The Hall–Kier alpha value is -2.09. The first kappa shape index (κ1) is 19.7. The Morgan fingerprint density at radius 1 is 1.15 bits per heavy atom. The van der Waals surface area contributed by atoms with Crippen LogP contribution in [0.2, 0.25) is 5.02 Å². The van der Waals surface area contributed by atoms with Crippen molar-refractivity contribution in [2.45, 2.75) is 16.7 Å². The van der Waals surface area contributed by atoms with Crippen LogP contribution in [0.25, 0.3) is 0 Å². The molecular weight excluding hydrogens is 404 g/mol. The van der Waals surface area contributed by atoms with Gasteiger partial charge in [0, 0.05) is 21.4 Å². The van der Waals surface area contributed by atoms with Gasteiger partial charge in [-0.1, -0.05) is 48.9 Å². The van der Waals surface area contributed by atoms with Crippen LogP contribution in [-0.2, 0) is 14.8 Å². The molecule has 0 saturated heterocycles. The average Bonchev–Trinajstić information content (AvgIpc) is 3.03. The number of allylic oxidation sites excluding steroid dienone is 1. The SMILES string of the molecule is CSc1ccccc1S(=O)(=O)NC(=O)C1=CC(C)C(c2ccccc2Cl)=N1. The summed E-state index contributed by atoms with van der Waals surface area (Å²) in [4.78, 5) is 17.5. The van der Waals surface area contributed by atoms with Crippen LogP contribution in [0.4, 0.5) is 0 Å². The molecule has 1 N–H and O–H groups in total. The first-order valence-corrected chi connectivity index (χ1v) is 11.2. The lowest BCUT2D eigenvalue weighted by Gasteiger charge is -2.09. The van der Waals surface area contributed by atoms with Gasteiger partial charge in [0.1, 0.15) is 10.6 Å². The third-order valence-electron chi connectivity index (χ3n) is 4.05. The van der Waals surface area contributed by atoms with E-state index >= 15 is 0 Å². The molecule has 5 nitrogen and oxygen atoms in total. The van der Waals surface area contributed by atoms with Crippen molar-refractivity contribution in [2.24, 2.45) is 10.9 Å². The minimum absolute atomic E-state index is 0.0580. The number of nitrogens with zero attached hydrogens (tertiary/aromatic N) is 1. The number of carbonyl (C=O) groups excluding carboxylic acids is 1. The largest absolute Gasteiger partial charge is 0.283 e. The molecule has 8 heteroatoms. The monoisotopic (exact) mass is 420 g/mol. The number of amides is 1. The fourth-order valence-electron chi connectivity index (χ4n) is 2.76. The molecule has 27 heavy (non-hydrogen) atoms. The van der Waals surface area contributed by atoms with Gasteiger partial charge in [-0.3, -0.25) is 4.79 Å². The normalized spacial score (nSPS) is 16.6. The molecule has 1 heterocycles. The molecular formula is C19H17ClN2O3S2. The van der Waals surface area contributed by atoms with E-state index in [1.807, 2.05) is 25.1 Å². The number of thioether (sulfide) groups is 1. The van der Waals surface area contributed by atoms with Crippen LogP contribution in [0.5, 0.6) is 0 Å². The lowest BCUT2D eigenvalue weighted by molar-refractivity contribution is -0.115. The highest BCUT2D eigenvalue weighted by molar-refractivity contribution is 7.99. The summed E-state index contributed by atoms with van der Waals surface area (Å²) in [5, 5.41) is 0.527. The number of sulfonamides is 1. The zero-order valence-corrected chi connectivity index (χ0v) is 17.0. The van der Waals surface area contributed by atoms with E-state index in [-0.39, 0.29) is 16.5 Å². The Morgan fingerprint density at radius 3 is 2.52 bits per heavy atom. The number of rotatable bonds is 5. The van der Waals surface area contributed by atoms with Crippen molar-refractivity contribution in [3.8, 4) is 0 Å². The van der Waals surface area contributed by atoms with Gasteiger partial charge in [0.15, 0.2) is 0 Å². The Morgan fingerprint density at radius 2 is 1.81 bits per heavy atom. The Bertz CT molecular complexity index is 1060. The van der Waals surface area contributed by atoms with Gasteiger partial charge in [0.05, 0.1) is 5.71 Å². The molecule has 0 bridgehead atoms. The topological polar surface area (TPSA) is 75.6 Å². The summed E-state index contributed by atoms with van der Waals surface area (Å²) in [5.74, 6) is -0.924. The molecule has 2 aromatic rings. The zero-order chi connectivity index (χ0) is 19.6. The number of halogens is 1. The standard InChI is InChI=1S/C19H17ClN2O3S2/c1-12-11-15(21-18(12)13-7-3-4-8-14(13)20)19(23)22-27(24,25)17-10-6-5-9-16(17)26-2/h3-12H,1-2H3,(H,22,23). The number of benzene rings is 2. The van der Waals surface area contributed by atoms with E-state index in [4.69, 9.17) is 11.6 Å². The molecule has 3 rings (SSSR count). The predicted octanol–water partition coefficient (Wildman–Crippen LogP) is 3.89. The zero-order valence-electron chi connectivity index (χ0n) is 14.6. The fourth-order valence-corrected chi connectivity index (χ4v) is 5.10. The van der Waals surface area contributed by atoms with Crippen molar-refractivity contribution in [1.29, 1.82) is 0 Å². The maximum absolute atomic E-state index is 12.6. The number of aliphatic imine (C=N–C) groups is 1. The molecule has 1 amide bonds. The lowest BCUT2D eigenvalue weighted by Crippen LogP contribution is -2.31. The van der Waals surface area contributed by atoms with E-state index in [1.165, 1.54) is 17.8 Å². The fraction of sp³-hybridized carbons (Fsp3) is 0.158. The Kier molecular flexibility index (Phi) is 5.74. The van der Waals surface area contributed by atoms with Crippen molar-refractivity contribution in [1.82, 2.24) is 4.72 Å². The Balaban J connectivity index is 1.87. The first-order chi connectivity index (χ1) is 12.8. The highest BCUT2D eigenvalue weighted by atomic mass is 35.5. The summed E-state index contributed by atoms with van der Waals surface area (Å²) < 4.78 is 27.4. The number of hydrogen-bond acceptors (Lipinski definition) is 5. The minimum Gasteiger partial charge on any atom is -0.266 e. The van der Waals surface area contributed by atoms with Crippen LogP contribution in [-0.4, -0.2) is 26.3 Å². The van der Waals surface area contributed by atoms with Crippen molar-refractivity contribution < 1.29 is 13.2 Å². The van der Waals surface area contributed by atoms with E-state index in [2.05, 4.69) is 9.71 Å². The van der Waals surface area contributed by atoms with Crippen molar-refractivity contribution in [3.63, 3.8) is 0 Å². The van der Waals surface area contributed by atoms with Crippen LogP contribution in [0, 0.1) is 5.92 Å². The van der Waals surface area contributed by atoms with E-state index in [0.29, 0.717) is 15.6 Å². The van der Waals surface area contributed by atoms with Gasteiger partial charge in [0.25, 0.3) is 15.9 Å². The predicted molar refractivity (Wildman–Crippen MR) is 109 cm³/mol. The molecule has 0 aromatic heterocycles. The molecule has 0 spiro atoms. The van der Waals surface area contributed by atoms with Gasteiger partial charge in [0.2, 0.25) is 0 Å². The van der Waals surface area contributed by atoms with Crippen molar-refractivity contribution >= 4 is 45.0 Å². The molecule has 2 aromatic carbocycles. The molecule has 1 aliphatic heterocycles. The van der Waals surface area contributed by atoms with Crippen LogP contribution in [0.1, 0.15) is 12.5 Å². The average molecular weight is 421 g/mol. The molecule has 140 valence electrons. The molecule has 0 fully saturated rings. The smallest absolute Gasteiger partial charge is 0.266 e. The van der Waals surface area contributed by atoms with Crippen molar-refractivity contribution in [2.75, 3.05) is 6.26 Å². The first-order valence-electron chi connectivity index (χ1n) is 8.09. The third-order valence-corrected chi connectivity index (χ3v) is 6.69. The van der Waals surface area contributed by atoms with Crippen LogP contribution in [0.3, 0.4) is 0 Å². The van der Waals surface area contributed by atoms with Gasteiger partial charge in [-0.25, -0.2) is 18.1 Å². The summed E-state index contributed by atoms with van der Waals surface area (Å²) in [6.45, 7) is 1.87. The van der Waals surface area contributed by atoms with E-state index in [0.717, 1.165) is 5.56 Å². The quantitative estimate of drug-likeness (QED) is 0.744. The van der Waals surface area contributed by atoms with E-state index in [1.54, 1.807) is 36.6 Å². The second kappa shape index (κ2) is 7.88. The summed E-state index contributed by atoms with van der Waals surface area (Å²) in [6, 6.07) is 13.7. The summed E-state index contributed by atoms with van der Waals surface area (Å²) in [5.41, 5.74) is 1.41. The summed E-state index contributed by atoms with van der Waals surface area (Å²) in [6.07, 6.45) is 3.40. The maximum atomic E-state index is 12.6. The van der Waals surface area contributed by atoms with Gasteiger partial charge < -0.3 is 0 Å². The van der Waals surface area contributed by atoms with Crippen LogP contribution in [0.15, 0.2) is 75.1 Å². The second-order valence-corrected chi connectivity index (χ2v) is 8.81. The van der Waals surface area contributed by atoms with E-state index < -0.39 is 15.9 Å². The second-order valence-electron chi connectivity index (χ2n) is 5.90. The van der Waals surface area contributed by atoms with Gasteiger partial charge in [-0.2, -0.15) is 0 Å². The minimum atomic E-state index is -4.00. The van der Waals surface area contributed by atoms with Crippen LogP contribution < -0.4 is 4.72 Å². The third kappa shape index (κ3) is 4.10. The van der Waals surface area contributed by atoms with Gasteiger partial charge >= 0.3 is 0 Å². The van der Waals surface area contributed by atoms with E-state index in [9.17, 15) is 13.2 Å². The highest BCUT2D eigenvalue weighted by Gasteiger charge is 2.27. The summed E-state index contributed by atoms with van der Waals surface area (Å²) >= 11 is 7.51. The molecule has 0 radical (unpaired) electrons. The van der Waals surface area contributed by atoms with Crippen LogP contribution >= 0.6 is 23.4 Å². The molecule has 1 unspecified atom stereocenters. The molecule has 1 aliphatic rings.